The van der Waals surface area contributed by atoms with Crippen molar-refractivity contribution in [2.75, 3.05) is 0 Å². The van der Waals surface area contributed by atoms with Crippen molar-refractivity contribution in [1.82, 2.24) is 19.3 Å². The van der Waals surface area contributed by atoms with Gasteiger partial charge in [-0.2, -0.15) is 13.9 Å². The zero-order valence-corrected chi connectivity index (χ0v) is 10.4. The third-order valence-electron chi connectivity index (χ3n) is 2.75. The fourth-order valence-corrected chi connectivity index (χ4v) is 1.73. The Balaban J connectivity index is 2.14. The van der Waals surface area contributed by atoms with Gasteiger partial charge in [-0.15, -0.1) is 0 Å². The molecule has 0 saturated heterocycles. The van der Waals surface area contributed by atoms with Crippen LogP contribution in [-0.2, 0) is 13.7 Å². The summed E-state index contributed by atoms with van der Waals surface area (Å²) in [6.45, 7) is 1.05. The van der Waals surface area contributed by atoms with E-state index in [1.807, 2.05) is 13.8 Å². The Kier molecular flexibility index (Phi) is 3.31. The van der Waals surface area contributed by atoms with E-state index in [1.165, 1.54) is 12.4 Å². The van der Waals surface area contributed by atoms with Gasteiger partial charge in [0.25, 0.3) is 0 Å². The maximum atomic E-state index is 12.6. The Labute approximate surface area is 103 Å². The van der Waals surface area contributed by atoms with Crippen molar-refractivity contribution in [2.45, 2.75) is 27.0 Å². The molecule has 2 aromatic rings. The number of hydrogen-bond acceptors (Lipinski definition) is 3. The number of ether oxygens (including phenoxy) is 1. The monoisotopic (exact) mass is 256 g/mol. The van der Waals surface area contributed by atoms with Gasteiger partial charge in [0, 0.05) is 19.4 Å². The summed E-state index contributed by atoms with van der Waals surface area (Å²) in [5.74, 6) is 0.800. The first-order valence-corrected chi connectivity index (χ1v) is 5.43. The number of imidazole rings is 1. The molecule has 5 nitrogen and oxygen atoms in total. The van der Waals surface area contributed by atoms with E-state index in [-0.39, 0.29) is 12.4 Å². The summed E-state index contributed by atoms with van der Waals surface area (Å²) in [5.41, 5.74) is 1.58. The number of hydrogen-bond donors (Lipinski definition) is 0. The topological polar surface area (TPSA) is 44.9 Å². The molecule has 98 valence electrons. The summed E-state index contributed by atoms with van der Waals surface area (Å²) >= 11 is 0. The molecule has 0 radical (unpaired) electrons. The molecule has 0 atom stereocenters. The summed E-state index contributed by atoms with van der Waals surface area (Å²) < 4.78 is 33.2. The molecule has 0 saturated carbocycles. The maximum absolute atomic E-state index is 12.6. The lowest BCUT2D eigenvalue weighted by atomic mass is 10.3. The number of nitrogens with zero attached hydrogens (tertiary/aromatic N) is 4. The molecule has 0 fully saturated rings. The molecule has 2 rings (SSSR count). The quantitative estimate of drug-likeness (QED) is 0.842. The Morgan fingerprint density at radius 3 is 2.67 bits per heavy atom. The van der Waals surface area contributed by atoms with Gasteiger partial charge in [0.1, 0.15) is 12.3 Å². The van der Waals surface area contributed by atoms with Gasteiger partial charge in [-0.05, 0) is 13.8 Å². The van der Waals surface area contributed by atoms with Crippen LogP contribution in [0.1, 0.15) is 23.8 Å². The molecule has 2 aromatic heterocycles. The Bertz CT molecular complexity index is 547. The van der Waals surface area contributed by atoms with Gasteiger partial charge in [0.15, 0.2) is 11.6 Å². The van der Waals surface area contributed by atoms with E-state index in [0.29, 0.717) is 5.75 Å². The fraction of sp³-hybridized carbons (Fsp3) is 0.455. The van der Waals surface area contributed by atoms with Crippen LogP contribution < -0.4 is 4.74 Å². The predicted molar refractivity (Wildman–Crippen MR) is 60.5 cm³/mol. The molecule has 0 unspecified atom stereocenters. The van der Waals surface area contributed by atoms with E-state index < -0.39 is 6.55 Å². The van der Waals surface area contributed by atoms with Crippen LogP contribution in [0.25, 0.3) is 0 Å². The van der Waals surface area contributed by atoms with Crippen LogP contribution in [-0.4, -0.2) is 19.3 Å². The van der Waals surface area contributed by atoms with Gasteiger partial charge in [0.05, 0.1) is 5.69 Å². The summed E-state index contributed by atoms with van der Waals surface area (Å²) in [7, 11) is 1.80. The largest absolute Gasteiger partial charge is 0.482 e. The first kappa shape index (κ1) is 12.5. The second kappa shape index (κ2) is 4.75. The highest BCUT2D eigenvalue weighted by Gasteiger charge is 2.15. The molecule has 7 heteroatoms. The standard InChI is InChI=1S/C11H14F2N4O/c1-7-10(8(2)16(3)15-7)18-6-9-14-4-5-17(9)11(12)13/h4-5,11H,6H2,1-3H3. The minimum atomic E-state index is -2.61. The highest BCUT2D eigenvalue weighted by Crippen LogP contribution is 2.23. The molecule has 0 N–H and O–H groups in total. The molecule has 18 heavy (non-hydrogen) atoms. The Morgan fingerprint density at radius 1 is 1.39 bits per heavy atom. The van der Waals surface area contributed by atoms with Gasteiger partial charge in [-0.1, -0.05) is 0 Å². The van der Waals surface area contributed by atoms with Crippen LogP contribution in [0.2, 0.25) is 0 Å². The third-order valence-corrected chi connectivity index (χ3v) is 2.75. The first-order valence-electron chi connectivity index (χ1n) is 5.43. The Hall–Kier alpha value is -1.92. The highest BCUT2D eigenvalue weighted by molar-refractivity contribution is 5.31. The number of aryl methyl sites for hydroxylation is 2. The van der Waals surface area contributed by atoms with Gasteiger partial charge in [-0.3, -0.25) is 9.25 Å². The highest BCUT2D eigenvalue weighted by atomic mass is 19.3. The Morgan fingerprint density at radius 2 is 2.11 bits per heavy atom. The zero-order chi connectivity index (χ0) is 13.3. The van der Waals surface area contributed by atoms with E-state index in [0.717, 1.165) is 16.0 Å². The minimum absolute atomic E-state index is 0.00921. The second-order valence-electron chi connectivity index (χ2n) is 3.94. The van der Waals surface area contributed by atoms with Crippen molar-refractivity contribution in [3.8, 4) is 5.75 Å². The summed E-state index contributed by atoms with van der Waals surface area (Å²) in [6, 6.07) is 0. The van der Waals surface area contributed by atoms with Crippen LogP contribution >= 0.6 is 0 Å². The van der Waals surface area contributed by atoms with Crippen molar-refractivity contribution < 1.29 is 13.5 Å². The van der Waals surface area contributed by atoms with E-state index in [4.69, 9.17) is 4.74 Å². The minimum Gasteiger partial charge on any atom is -0.482 e. The van der Waals surface area contributed by atoms with Crippen LogP contribution in [0.15, 0.2) is 12.4 Å². The van der Waals surface area contributed by atoms with Gasteiger partial charge < -0.3 is 4.74 Å². The molecular weight excluding hydrogens is 242 g/mol. The van der Waals surface area contributed by atoms with Gasteiger partial charge >= 0.3 is 6.55 Å². The summed E-state index contributed by atoms with van der Waals surface area (Å²) in [6.07, 6.45) is 2.56. The van der Waals surface area contributed by atoms with Crippen molar-refractivity contribution in [3.05, 3.63) is 29.6 Å². The van der Waals surface area contributed by atoms with Crippen molar-refractivity contribution in [1.29, 1.82) is 0 Å². The zero-order valence-electron chi connectivity index (χ0n) is 10.4. The van der Waals surface area contributed by atoms with Crippen LogP contribution in [0.3, 0.4) is 0 Å². The smallest absolute Gasteiger partial charge is 0.320 e. The second-order valence-corrected chi connectivity index (χ2v) is 3.94. The third kappa shape index (κ3) is 2.20. The normalized spacial score (nSPS) is 11.2. The molecule has 0 aliphatic rings. The average Bonchev–Trinajstić information content (AvgIpc) is 2.84. The average molecular weight is 256 g/mol. The van der Waals surface area contributed by atoms with Crippen molar-refractivity contribution in [2.24, 2.45) is 7.05 Å². The number of aromatic nitrogens is 4. The SMILES string of the molecule is Cc1nn(C)c(C)c1OCc1nccn1C(F)F. The first-order chi connectivity index (χ1) is 8.50. The van der Waals surface area contributed by atoms with Crippen LogP contribution in [0.5, 0.6) is 5.75 Å². The van der Waals surface area contributed by atoms with E-state index in [9.17, 15) is 8.78 Å². The molecule has 0 aliphatic heterocycles. The number of halogens is 2. The van der Waals surface area contributed by atoms with Crippen LogP contribution in [0.4, 0.5) is 8.78 Å². The summed E-state index contributed by atoms with van der Waals surface area (Å²) in [4.78, 5) is 3.85. The molecular formula is C11H14F2N4O. The number of alkyl halides is 2. The fourth-order valence-electron chi connectivity index (χ4n) is 1.73. The maximum Gasteiger partial charge on any atom is 0.320 e. The molecule has 0 aliphatic carbocycles. The van der Waals surface area contributed by atoms with E-state index >= 15 is 0 Å². The molecule has 0 aromatic carbocycles. The number of rotatable bonds is 4. The van der Waals surface area contributed by atoms with E-state index in [2.05, 4.69) is 10.1 Å². The van der Waals surface area contributed by atoms with E-state index in [1.54, 1.807) is 11.7 Å². The predicted octanol–water partition coefficient (Wildman–Crippen LogP) is 2.21. The van der Waals surface area contributed by atoms with Gasteiger partial charge in [0.2, 0.25) is 0 Å². The lowest BCUT2D eigenvalue weighted by Crippen LogP contribution is -2.07. The lowest BCUT2D eigenvalue weighted by molar-refractivity contribution is 0.0632. The van der Waals surface area contributed by atoms with Crippen molar-refractivity contribution in [3.63, 3.8) is 0 Å². The molecule has 0 bridgehead atoms. The summed E-state index contributed by atoms with van der Waals surface area (Å²) in [5, 5.41) is 4.18. The molecule has 0 amide bonds. The van der Waals surface area contributed by atoms with Gasteiger partial charge in [-0.25, -0.2) is 4.98 Å². The van der Waals surface area contributed by atoms with Crippen molar-refractivity contribution >= 4 is 0 Å². The molecule has 2 heterocycles. The lowest BCUT2D eigenvalue weighted by Gasteiger charge is -2.08. The van der Waals surface area contributed by atoms with Crippen LogP contribution in [0, 0.1) is 13.8 Å². The molecule has 0 spiro atoms.